The fraction of sp³-hybridized carbons (Fsp3) is 0.786. The molecule has 0 saturated carbocycles. The number of hydrogen-bond acceptors (Lipinski definition) is 4. The van der Waals surface area contributed by atoms with Crippen LogP contribution in [0.15, 0.2) is 30.3 Å². The van der Waals surface area contributed by atoms with Gasteiger partial charge < -0.3 is 10.7 Å². The van der Waals surface area contributed by atoms with Gasteiger partial charge in [-0.15, -0.1) is 0 Å². The Bertz CT molecular complexity index is 692. The van der Waals surface area contributed by atoms with Gasteiger partial charge in [0.05, 0.1) is 5.60 Å². The normalized spacial score (nSPS) is 12.9. The lowest BCUT2D eigenvalue weighted by atomic mass is 9.81. The third kappa shape index (κ3) is 16.6. The smallest absolute Gasteiger partial charge is 0.218 e. The highest BCUT2D eigenvalue weighted by atomic mass is 32.3. The summed E-state index contributed by atoms with van der Waals surface area (Å²) >= 11 is 0. The van der Waals surface area contributed by atoms with Crippen molar-refractivity contribution in [3.63, 3.8) is 0 Å². The average molecular weight is 500 g/mol. The minimum atomic E-state index is -4.75. The molecule has 1 unspecified atom stereocenters. The zero-order chi connectivity index (χ0) is 24.4. The Hall–Kier alpha value is -0.950. The van der Waals surface area contributed by atoms with Crippen LogP contribution < -0.4 is 6.15 Å². The largest absolute Gasteiger partial charge is 0.726 e. The van der Waals surface area contributed by atoms with Crippen LogP contribution in [0.4, 0.5) is 0 Å². The summed E-state index contributed by atoms with van der Waals surface area (Å²) in [5.41, 5.74) is -0.0376. The third-order valence-electron chi connectivity index (χ3n) is 6.70. The van der Waals surface area contributed by atoms with Crippen molar-refractivity contribution in [1.29, 1.82) is 0 Å². The molecule has 1 aromatic rings. The predicted octanol–water partition coefficient (Wildman–Crippen LogP) is 9.05. The highest BCUT2D eigenvalue weighted by Crippen LogP contribution is 2.36. The van der Waals surface area contributed by atoms with Crippen LogP contribution in [0.1, 0.15) is 141 Å². The first-order chi connectivity index (χ1) is 15.8. The Morgan fingerprint density at radius 1 is 0.735 bits per heavy atom. The van der Waals surface area contributed by atoms with Gasteiger partial charge in [0.15, 0.2) is 0 Å². The molecule has 1 aromatic carbocycles. The van der Waals surface area contributed by atoms with Crippen molar-refractivity contribution in [3.05, 3.63) is 35.9 Å². The summed E-state index contributed by atoms with van der Waals surface area (Å²) in [6.07, 6.45) is 22.0. The molecule has 0 bridgehead atoms. The summed E-state index contributed by atoms with van der Waals surface area (Å²) < 4.78 is 38.6. The van der Waals surface area contributed by atoms with Crippen molar-refractivity contribution in [2.24, 2.45) is 0 Å². The highest BCUT2D eigenvalue weighted by molar-refractivity contribution is 7.80. The molecule has 0 aliphatic carbocycles. The number of rotatable bonds is 21. The molecule has 0 saturated heterocycles. The Morgan fingerprint density at radius 3 is 1.50 bits per heavy atom. The van der Waals surface area contributed by atoms with Crippen LogP contribution in [0.5, 0.6) is 0 Å². The van der Waals surface area contributed by atoms with Gasteiger partial charge in [-0.05, 0) is 25.8 Å². The Balaban J connectivity index is 0.0000109. The van der Waals surface area contributed by atoms with E-state index in [1.54, 1.807) is 13.8 Å². The van der Waals surface area contributed by atoms with Gasteiger partial charge in [0.2, 0.25) is 10.4 Å². The van der Waals surface area contributed by atoms with E-state index < -0.39 is 16.0 Å². The Kier molecular flexibility index (Phi) is 18.7. The first-order valence-corrected chi connectivity index (χ1v) is 14.8. The molecule has 6 heteroatoms. The Morgan fingerprint density at radius 2 is 1.12 bits per heavy atom. The van der Waals surface area contributed by atoms with Crippen LogP contribution in [0, 0.1) is 0 Å². The maximum Gasteiger partial charge on any atom is 0.218 e. The fourth-order valence-electron chi connectivity index (χ4n) is 4.82. The monoisotopic (exact) mass is 499 g/mol. The molecule has 0 radical (unpaired) electrons. The van der Waals surface area contributed by atoms with E-state index in [2.05, 4.69) is 6.92 Å². The van der Waals surface area contributed by atoms with Crippen LogP contribution >= 0.6 is 0 Å². The average Bonchev–Trinajstić information content (AvgIpc) is 2.74. The van der Waals surface area contributed by atoms with Crippen molar-refractivity contribution in [3.8, 4) is 0 Å². The summed E-state index contributed by atoms with van der Waals surface area (Å²) in [5, 5.41) is 0. The molecule has 0 spiro atoms. The lowest BCUT2D eigenvalue weighted by molar-refractivity contribution is 0.0644. The van der Waals surface area contributed by atoms with Gasteiger partial charge in [0, 0.05) is 5.92 Å². The standard InChI is InChI=1S/C28H50O4S.H3N/c1-4-5-6-7-8-9-10-11-12-13-14-15-16-17-18-22-25-27(26-23-20-19-21-24-26)28(2,3)32-33(29,30)31;/h19-21,23-24,27H,4-18,22,25H2,1-3H3,(H,29,30,31);1H3. The Labute approximate surface area is 211 Å². The lowest BCUT2D eigenvalue weighted by Gasteiger charge is -2.35. The second-order valence-electron chi connectivity index (χ2n) is 10.2. The zero-order valence-electron chi connectivity index (χ0n) is 22.5. The van der Waals surface area contributed by atoms with Crippen LogP contribution in [0.2, 0.25) is 0 Å². The molecule has 0 aliphatic heterocycles. The van der Waals surface area contributed by atoms with E-state index >= 15 is 0 Å². The second kappa shape index (κ2) is 19.3. The minimum absolute atomic E-state index is 0. The first-order valence-electron chi connectivity index (χ1n) is 13.5. The van der Waals surface area contributed by atoms with Gasteiger partial charge in [-0.2, -0.15) is 0 Å². The molecule has 1 rings (SSSR count). The molecule has 0 fully saturated rings. The summed E-state index contributed by atoms with van der Waals surface area (Å²) in [5.74, 6) is -0.130. The molecule has 0 aromatic heterocycles. The van der Waals surface area contributed by atoms with E-state index in [1.807, 2.05) is 30.3 Å². The van der Waals surface area contributed by atoms with Gasteiger partial charge in [-0.25, -0.2) is 8.42 Å². The molecule has 0 amide bonds. The van der Waals surface area contributed by atoms with Crippen LogP contribution in [-0.2, 0) is 14.6 Å². The molecule has 200 valence electrons. The number of unbranched alkanes of at least 4 members (excludes halogenated alkanes) is 15. The lowest BCUT2D eigenvalue weighted by Crippen LogP contribution is -2.35. The van der Waals surface area contributed by atoms with E-state index in [0.717, 1.165) is 24.8 Å². The first kappa shape index (κ1) is 33.0. The van der Waals surface area contributed by atoms with Crippen molar-refractivity contribution < 1.29 is 17.2 Å². The van der Waals surface area contributed by atoms with Crippen LogP contribution in [0.3, 0.4) is 0 Å². The number of quaternary nitrogens is 1. The van der Waals surface area contributed by atoms with E-state index in [4.69, 9.17) is 4.18 Å². The maximum absolute atomic E-state index is 11.2. The van der Waals surface area contributed by atoms with Crippen molar-refractivity contribution in [2.75, 3.05) is 0 Å². The van der Waals surface area contributed by atoms with Gasteiger partial charge >= 0.3 is 0 Å². The summed E-state index contributed by atoms with van der Waals surface area (Å²) in [4.78, 5) is 0. The molecule has 1 atom stereocenters. The second-order valence-corrected chi connectivity index (χ2v) is 11.1. The quantitative estimate of drug-likeness (QED) is 0.103. The van der Waals surface area contributed by atoms with E-state index in [9.17, 15) is 13.0 Å². The molecule has 4 N–H and O–H groups in total. The molecular weight excluding hydrogens is 446 g/mol. The van der Waals surface area contributed by atoms with Gasteiger partial charge in [-0.3, -0.25) is 4.18 Å². The number of hydrogen-bond donors (Lipinski definition) is 1. The molecular formula is C28H53NO4S. The highest BCUT2D eigenvalue weighted by Gasteiger charge is 2.33. The summed E-state index contributed by atoms with van der Waals surface area (Å²) in [6, 6.07) is 9.79. The number of benzene rings is 1. The van der Waals surface area contributed by atoms with E-state index in [0.29, 0.717) is 0 Å². The van der Waals surface area contributed by atoms with E-state index in [1.165, 1.54) is 89.9 Å². The molecule has 0 heterocycles. The topological polar surface area (TPSA) is 103 Å². The summed E-state index contributed by atoms with van der Waals surface area (Å²) in [7, 11) is -4.75. The van der Waals surface area contributed by atoms with Crippen molar-refractivity contribution in [2.45, 2.75) is 141 Å². The zero-order valence-corrected chi connectivity index (χ0v) is 23.3. The van der Waals surface area contributed by atoms with Gasteiger partial charge in [0.25, 0.3) is 0 Å². The molecule has 0 aliphatic rings. The van der Waals surface area contributed by atoms with Crippen LogP contribution in [-0.4, -0.2) is 18.6 Å². The van der Waals surface area contributed by atoms with Gasteiger partial charge in [0.1, 0.15) is 0 Å². The summed E-state index contributed by atoms with van der Waals surface area (Å²) in [6.45, 7) is 5.67. The fourth-order valence-corrected chi connectivity index (χ4v) is 5.46. The van der Waals surface area contributed by atoms with Crippen molar-refractivity contribution >= 4 is 10.4 Å². The van der Waals surface area contributed by atoms with Crippen molar-refractivity contribution in [1.82, 2.24) is 6.15 Å². The molecule has 34 heavy (non-hydrogen) atoms. The predicted molar refractivity (Wildman–Crippen MR) is 144 cm³/mol. The van der Waals surface area contributed by atoms with Crippen LogP contribution in [0.25, 0.3) is 0 Å². The maximum atomic E-state index is 11.2. The third-order valence-corrected chi connectivity index (χ3v) is 7.34. The van der Waals surface area contributed by atoms with E-state index in [-0.39, 0.29) is 12.1 Å². The molecule has 5 nitrogen and oxygen atoms in total. The van der Waals surface area contributed by atoms with Gasteiger partial charge in [-0.1, -0.05) is 140 Å². The minimum Gasteiger partial charge on any atom is -0.726 e. The SMILES string of the molecule is CCCCCCCCCCCCCCCCCCC(c1ccccc1)C(C)(C)OS(=O)(=O)[O-].[NH4+].